The van der Waals surface area contributed by atoms with Crippen LogP contribution < -0.4 is 5.32 Å². The van der Waals surface area contributed by atoms with Gasteiger partial charge in [-0.2, -0.15) is 8.42 Å². The Kier molecular flexibility index (Phi) is 4.68. The first kappa shape index (κ1) is 19.8. The van der Waals surface area contributed by atoms with Gasteiger partial charge in [0.2, 0.25) is 0 Å². The van der Waals surface area contributed by atoms with Crippen molar-refractivity contribution in [3.63, 3.8) is 0 Å². The molecule has 0 bridgehead atoms. The van der Waals surface area contributed by atoms with E-state index in [-0.39, 0.29) is 44.3 Å². The van der Waals surface area contributed by atoms with Crippen LogP contribution in [0, 0.1) is 6.92 Å². The van der Waals surface area contributed by atoms with Crippen molar-refractivity contribution in [2.24, 2.45) is 0 Å². The zero-order valence-electron chi connectivity index (χ0n) is 16.1. The van der Waals surface area contributed by atoms with Gasteiger partial charge in [0.25, 0.3) is 10.1 Å². The molecule has 0 amide bonds. The molecule has 0 fully saturated rings. The highest BCUT2D eigenvalue weighted by molar-refractivity contribution is 7.87. The number of phenols is 1. The summed E-state index contributed by atoms with van der Waals surface area (Å²) in [5, 5.41) is 13.2. The maximum absolute atomic E-state index is 13.2. The number of hydrogen-bond acceptors (Lipinski definition) is 7. The summed E-state index contributed by atoms with van der Waals surface area (Å²) in [5.41, 5.74) is 1.37. The Bertz CT molecular complexity index is 1330. The predicted molar refractivity (Wildman–Crippen MR) is 110 cm³/mol. The molecule has 4 rings (SSSR count). The van der Waals surface area contributed by atoms with E-state index in [0.29, 0.717) is 5.56 Å². The van der Waals surface area contributed by atoms with E-state index in [4.69, 9.17) is 0 Å². The Morgan fingerprint density at radius 1 is 0.867 bits per heavy atom. The van der Waals surface area contributed by atoms with Gasteiger partial charge in [0.15, 0.2) is 11.6 Å². The van der Waals surface area contributed by atoms with Gasteiger partial charge in [-0.15, -0.1) is 0 Å². The van der Waals surface area contributed by atoms with E-state index < -0.39 is 21.7 Å². The molecule has 7 nitrogen and oxygen atoms in total. The van der Waals surface area contributed by atoms with Crippen LogP contribution in [0.3, 0.4) is 0 Å². The number of nitrogens with one attached hydrogen (secondary N) is 1. The minimum atomic E-state index is -4.04. The lowest BCUT2D eigenvalue weighted by Gasteiger charge is -2.22. The molecule has 0 aromatic heterocycles. The lowest BCUT2D eigenvalue weighted by Crippen LogP contribution is -2.22. The molecule has 0 spiro atoms. The Morgan fingerprint density at radius 3 is 2.10 bits per heavy atom. The van der Waals surface area contributed by atoms with Crippen molar-refractivity contribution >= 4 is 33.1 Å². The van der Waals surface area contributed by atoms with Gasteiger partial charge in [-0.3, -0.25) is 13.8 Å². The van der Waals surface area contributed by atoms with Gasteiger partial charge in [0, 0.05) is 11.1 Å². The van der Waals surface area contributed by atoms with Gasteiger partial charge in [0.1, 0.15) is 10.6 Å². The highest BCUT2D eigenvalue weighted by atomic mass is 32.2. The summed E-state index contributed by atoms with van der Waals surface area (Å²) in [6.07, 6.45) is 0. The lowest BCUT2D eigenvalue weighted by atomic mass is 9.82. The van der Waals surface area contributed by atoms with E-state index in [0.717, 1.165) is 7.11 Å². The molecule has 0 aliphatic heterocycles. The van der Waals surface area contributed by atoms with E-state index in [9.17, 15) is 23.1 Å². The number of aromatic hydroxyl groups is 1. The second-order valence-electron chi connectivity index (χ2n) is 6.83. The van der Waals surface area contributed by atoms with Crippen molar-refractivity contribution in [3.05, 3.63) is 82.4 Å². The van der Waals surface area contributed by atoms with E-state index in [1.807, 2.05) is 0 Å². The van der Waals surface area contributed by atoms with Crippen LogP contribution in [0.25, 0.3) is 0 Å². The second-order valence-corrected chi connectivity index (χ2v) is 8.51. The smallest absolute Gasteiger partial charge is 0.298 e. The van der Waals surface area contributed by atoms with Gasteiger partial charge < -0.3 is 10.4 Å². The molecule has 1 aliphatic rings. The zero-order chi connectivity index (χ0) is 21.6. The average Bonchev–Trinajstić information content (AvgIpc) is 2.74. The van der Waals surface area contributed by atoms with Crippen LogP contribution in [0.1, 0.15) is 37.4 Å². The number of carbonyl (C=O) groups is 2. The normalized spacial score (nSPS) is 13.0. The highest BCUT2D eigenvalue weighted by Gasteiger charge is 2.34. The number of phenolic OH excluding ortho intramolecular Hbond substituents is 1. The number of fused-ring (bicyclic) bond motifs is 2. The van der Waals surface area contributed by atoms with Crippen LogP contribution in [0.2, 0.25) is 0 Å². The molecule has 0 radical (unpaired) electrons. The summed E-state index contributed by atoms with van der Waals surface area (Å²) >= 11 is 0. The van der Waals surface area contributed by atoms with Crippen molar-refractivity contribution in [2.75, 3.05) is 12.4 Å². The molecule has 0 heterocycles. The predicted octanol–water partition coefficient (Wildman–Crippen LogP) is 3.55. The summed E-state index contributed by atoms with van der Waals surface area (Å²) in [6.45, 7) is 1.74. The summed E-state index contributed by atoms with van der Waals surface area (Å²) in [4.78, 5) is 26.0. The Labute approximate surface area is 173 Å². The zero-order valence-corrected chi connectivity index (χ0v) is 16.9. The van der Waals surface area contributed by atoms with E-state index in [1.54, 1.807) is 37.3 Å². The molecule has 152 valence electrons. The van der Waals surface area contributed by atoms with Gasteiger partial charge in [-0.05, 0) is 36.8 Å². The lowest BCUT2D eigenvalue weighted by molar-refractivity contribution is 0.0977. The third-order valence-electron chi connectivity index (χ3n) is 4.95. The fourth-order valence-electron chi connectivity index (χ4n) is 3.48. The van der Waals surface area contributed by atoms with Gasteiger partial charge in [-0.25, -0.2) is 0 Å². The summed E-state index contributed by atoms with van der Waals surface area (Å²) in [5.74, 6) is -1.24. The number of rotatable bonds is 4. The molecular weight excluding hydrogens is 406 g/mol. The number of anilines is 2. The third kappa shape index (κ3) is 3.06. The van der Waals surface area contributed by atoms with Crippen molar-refractivity contribution in [1.82, 2.24) is 0 Å². The molecule has 2 N–H and O–H groups in total. The first-order valence-corrected chi connectivity index (χ1v) is 10.4. The quantitative estimate of drug-likeness (QED) is 0.381. The summed E-state index contributed by atoms with van der Waals surface area (Å²) in [6, 6.07) is 13.8. The Hall–Kier alpha value is -3.49. The van der Waals surface area contributed by atoms with Crippen molar-refractivity contribution in [3.8, 4) is 5.75 Å². The van der Waals surface area contributed by atoms with Crippen LogP contribution in [-0.2, 0) is 14.3 Å². The molecule has 3 aromatic rings. The second kappa shape index (κ2) is 7.08. The SMILES string of the molecule is COS(=O)(=O)c1cc(C)ccc1Nc1ccc(O)c2c1C(=O)c1ccccc1C2=O. The third-order valence-corrected chi connectivity index (χ3v) is 6.26. The number of carbonyl (C=O) groups excluding carboxylic acids is 2. The first-order valence-electron chi connectivity index (χ1n) is 8.97. The molecule has 30 heavy (non-hydrogen) atoms. The fourth-order valence-corrected chi connectivity index (χ4v) is 4.38. The topological polar surface area (TPSA) is 110 Å². The largest absolute Gasteiger partial charge is 0.507 e. The minimum Gasteiger partial charge on any atom is -0.507 e. The van der Waals surface area contributed by atoms with E-state index in [1.165, 1.54) is 24.3 Å². The average molecular weight is 423 g/mol. The van der Waals surface area contributed by atoms with Crippen LogP contribution in [0.4, 0.5) is 11.4 Å². The van der Waals surface area contributed by atoms with Gasteiger partial charge in [-0.1, -0.05) is 30.3 Å². The number of benzene rings is 3. The van der Waals surface area contributed by atoms with E-state index >= 15 is 0 Å². The minimum absolute atomic E-state index is 0.0139. The van der Waals surface area contributed by atoms with Crippen molar-refractivity contribution in [2.45, 2.75) is 11.8 Å². The molecule has 3 aromatic carbocycles. The maximum Gasteiger partial charge on any atom is 0.298 e. The molecule has 0 unspecified atom stereocenters. The van der Waals surface area contributed by atoms with Gasteiger partial charge in [0.05, 0.1) is 29.6 Å². The van der Waals surface area contributed by atoms with Crippen LogP contribution >= 0.6 is 0 Å². The van der Waals surface area contributed by atoms with Crippen molar-refractivity contribution < 1.29 is 27.3 Å². The Balaban J connectivity index is 1.91. The van der Waals surface area contributed by atoms with Crippen LogP contribution in [0.5, 0.6) is 5.75 Å². The summed E-state index contributed by atoms with van der Waals surface area (Å²) in [7, 11) is -2.98. The number of aryl methyl sites for hydroxylation is 1. The molecule has 0 saturated carbocycles. The standard InChI is InChI=1S/C22H17NO6S/c1-12-7-8-15(18(11-12)30(27,28)29-2)23-16-9-10-17(24)20-19(16)21(25)13-5-3-4-6-14(13)22(20)26/h3-11,23-24H,1-2H3. The Morgan fingerprint density at radius 2 is 1.47 bits per heavy atom. The molecular formula is C22H17NO6S. The monoisotopic (exact) mass is 423 g/mol. The molecule has 8 heteroatoms. The van der Waals surface area contributed by atoms with E-state index in [2.05, 4.69) is 9.50 Å². The summed E-state index contributed by atoms with van der Waals surface area (Å²) < 4.78 is 29.4. The first-order chi connectivity index (χ1) is 14.2. The maximum atomic E-state index is 13.2. The number of ketones is 2. The number of hydrogen-bond donors (Lipinski definition) is 2. The highest BCUT2D eigenvalue weighted by Crippen LogP contribution is 2.39. The molecule has 1 aliphatic carbocycles. The molecule has 0 atom stereocenters. The molecule has 0 saturated heterocycles. The van der Waals surface area contributed by atoms with Crippen molar-refractivity contribution in [1.29, 1.82) is 0 Å². The fraction of sp³-hybridized carbons (Fsp3) is 0.0909. The van der Waals surface area contributed by atoms with Crippen LogP contribution in [0.15, 0.2) is 59.5 Å². The van der Waals surface area contributed by atoms with Crippen LogP contribution in [-0.4, -0.2) is 32.2 Å². The van der Waals surface area contributed by atoms with Gasteiger partial charge >= 0.3 is 0 Å².